The molecular weight excluding hydrogens is 254 g/mol. The number of anilines is 1. The van der Waals surface area contributed by atoms with Crippen molar-refractivity contribution in [1.29, 1.82) is 5.26 Å². The van der Waals surface area contributed by atoms with Crippen LogP contribution in [-0.4, -0.2) is 27.2 Å². The molecule has 2 atom stereocenters. The molecule has 1 aromatic carbocycles. The van der Waals surface area contributed by atoms with Gasteiger partial charge in [0, 0.05) is 40.6 Å². The van der Waals surface area contributed by atoms with Gasteiger partial charge < -0.3 is 5.32 Å². The van der Waals surface area contributed by atoms with Gasteiger partial charge in [-0.3, -0.25) is 14.3 Å². The molecule has 7 heteroatoms. The molecule has 1 rings (SSSR count). The smallest absolute Gasteiger partial charge is 0.289 e. The highest BCUT2D eigenvalue weighted by Crippen LogP contribution is 2.22. The topological polar surface area (TPSA) is 96.0 Å². The highest BCUT2D eigenvalue weighted by Gasteiger charge is 2.15. The predicted molar refractivity (Wildman–Crippen MR) is 69.8 cm³/mol. The molecule has 6 nitrogen and oxygen atoms in total. The van der Waals surface area contributed by atoms with Gasteiger partial charge in [-0.25, -0.2) is 0 Å². The van der Waals surface area contributed by atoms with Crippen LogP contribution in [0.4, 0.5) is 11.4 Å². The molecule has 0 spiro atoms. The molecule has 1 aromatic rings. The van der Waals surface area contributed by atoms with Crippen molar-refractivity contribution < 1.29 is 9.13 Å². The van der Waals surface area contributed by atoms with E-state index in [1.807, 2.05) is 6.92 Å². The fourth-order valence-corrected chi connectivity index (χ4v) is 2.33. The van der Waals surface area contributed by atoms with Gasteiger partial charge in [-0.1, -0.05) is 0 Å². The van der Waals surface area contributed by atoms with Crippen LogP contribution in [0.25, 0.3) is 0 Å². The molecule has 0 bridgehead atoms. The summed E-state index contributed by atoms with van der Waals surface area (Å²) in [5.74, 6) is 0.452. The first-order valence-electron chi connectivity index (χ1n) is 5.19. The standard InChI is InChI=1S/C11H13N3O3S/c1-8(7-18(2)17)13-10-4-3-9(6-12)11(5-10)14(15)16/h3-5,8,13H,7H2,1-2H3. The van der Waals surface area contributed by atoms with Crippen LogP contribution < -0.4 is 5.32 Å². The third-order valence-electron chi connectivity index (χ3n) is 2.21. The second-order valence-electron chi connectivity index (χ2n) is 3.89. The Hall–Kier alpha value is -1.94. The Labute approximate surface area is 107 Å². The van der Waals surface area contributed by atoms with Crippen LogP contribution >= 0.6 is 0 Å². The Bertz CT molecular complexity index is 525. The number of nitro groups is 1. The zero-order chi connectivity index (χ0) is 13.7. The third-order valence-corrected chi connectivity index (χ3v) is 3.18. The molecule has 0 aliphatic rings. The lowest BCUT2D eigenvalue weighted by atomic mass is 10.1. The summed E-state index contributed by atoms with van der Waals surface area (Å²) >= 11 is 0. The number of nitro benzene ring substituents is 1. The first kappa shape index (κ1) is 14.1. The van der Waals surface area contributed by atoms with Gasteiger partial charge in [0.15, 0.2) is 0 Å². The Balaban J connectivity index is 2.92. The molecule has 0 saturated carbocycles. The third kappa shape index (κ3) is 3.82. The van der Waals surface area contributed by atoms with E-state index in [1.165, 1.54) is 12.1 Å². The molecule has 18 heavy (non-hydrogen) atoms. The molecule has 0 aromatic heterocycles. The molecule has 0 fully saturated rings. The van der Waals surface area contributed by atoms with E-state index in [1.54, 1.807) is 18.4 Å². The lowest BCUT2D eigenvalue weighted by Crippen LogP contribution is -2.22. The molecule has 2 unspecified atom stereocenters. The van der Waals surface area contributed by atoms with Crippen molar-refractivity contribution in [3.63, 3.8) is 0 Å². The average molecular weight is 267 g/mol. The highest BCUT2D eigenvalue weighted by molar-refractivity contribution is 7.84. The monoisotopic (exact) mass is 267 g/mol. The van der Waals surface area contributed by atoms with E-state index in [-0.39, 0.29) is 17.3 Å². The fraction of sp³-hybridized carbons (Fsp3) is 0.364. The molecule has 0 amide bonds. The van der Waals surface area contributed by atoms with Gasteiger partial charge in [0.25, 0.3) is 5.69 Å². The van der Waals surface area contributed by atoms with Crippen LogP contribution in [0.2, 0.25) is 0 Å². The van der Waals surface area contributed by atoms with E-state index in [0.717, 1.165) is 0 Å². The summed E-state index contributed by atoms with van der Waals surface area (Å²) in [6, 6.07) is 6.02. The summed E-state index contributed by atoms with van der Waals surface area (Å²) in [6.45, 7) is 1.84. The lowest BCUT2D eigenvalue weighted by molar-refractivity contribution is -0.385. The zero-order valence-electron chi connectivity index (χ0n) is 10.0. The molecule has 0 aliphatic carbocycles. The summed E-state index contributed by atoms with van der Waals surface area (Å²) in [5, 5.41) is 22.5. The minimum Gasteiger partial charge on any atom is -0.381 e. The van der Waals surface area contributed by atoms with Gasteiger partial charge in [-0.05, 0) is 19.1 Å². The van der Waals surface area contributed by atoms with E-state index < -0.39 is 15.7 Å². The second-order valence-corrected chi connectivity index (χ2v) is 5.37. The summed E-state index contributed by atoms with van der Waals surface area (Å²) < 4.78 is 11.0. The number of benzene rings is 1. The molecular formula is C11H13N3O3S. The van der Waals surface area contributed by atoms with Crippen LogP contribution in [0.5, 0.6) is 0 Å². The molecule has 0 saturated heterocycles. The summed E-state index contributed by atoms with van der Waals surface area (Å²) in [7, 11) is -0.938. The van der Waals surface area contributed by atoms with Gasteiger partial charge >= 0.3 is 0 Å². The largest absolute Gasteiger partial charge is 0.381 e. The van der Waals surface area contributed by atoms with Gasteiger partial charge in [0.1, 0.15) is 11.6 Å². The van der Waals surface area contributed by atoms with Gasteiger partial charge in [0.2, 0.25) is 0 Å². The van der Waals surface area contributed by atoms with E-state index in [4.69, 9.17) is 5.26 Å². The molecule has 0 heterocycles. The Morgan fingerprint density at radius 1 is 1.61 bits per heavy atom. The van der Waals surface area contributed by atoms with Gasteiger partial charge in [0.05, 0.1) is 4.92 Å². The predicted octanol–water partition coefficient (Wildman–Crippen LogP) is 1.65. The second kappa shape index (κ2) is 6.12. The lowest BCUT2D eigenvalue weighted by Gasteiger charge is -2.13. The van der Waals surface area contributed by atoms with Crippen LogP contribution in [0.3, 0.4) is 0 Å². The highest BCUT2D eigenvalue weighted by atomic mass is 32.2. The summed E-state index contributed by atoms with van der Waals surface area (Å²) in [6.07, 6.45) is 1.60. The first-order valence-corrected chi connectivity index (χ1v) is 6.92. The number of rotatable bonds is 5. The van der Waals surface area contributed by atoms with Crippen molar-refractivity contribution in [2.24, 2.45) is 0 Å². The van der Waals surface area contributed by atoms with E-state index >= 15 is 0 Å². The van der Waals surface area contributed by atoms with Crippen molar-refractivity contribution in [3.8, 4) is 6.07 Å². The van der Waals surface area contributed by atoms with Crippen molar-refractivity contribution in [2.75, 3.05) is 17.3 Å². The molecule has 0 aliphatic heterocycles. The number of hydrogen-bond donors (Lipinski definition) is 1. The van der Waals surface area contributed by atoms with Gasteiger partial charge in [-0.15, -0.1) is 0 Å². The summed E-state index contributed by atoms with van der Waals surface area (Å²) in [5.41, 5.74) is 0.336. The Morgan fingerprint density at radius 2 is 2.28 bits per heavy atom. The van der Waals surface area contributed by atoms with Crippen molar-refractivity contribution in [3.05, 3.63) is 33.9 Å². The van der Waals surface area contributed by atoms with E-state index in [2.05, 4.69) is 5.32 Å². The maximum Gasteiger partial charge on any atom is 0.289 e. The Morgan fingerprint density at radius 3 is 2.78 bits per heavy atom. The maximum atomic E-state index is 11.0. The minimum atomic E-state index is -0.938. The zero-order valence-corrected chi connectivity index (χ0v) is 10.9. The van der Waals surface area contributed by atoms with Crippen LogP contribution in [0.15, 0.2) is 18.2 Å². The van der Waals surface area contributed by atoms with Crippen LogP contribution in [0, 0.1) is 21.4 Å². The number of hydrogen-bond acceptors (Lipinski definition) is 5. The Kier molecular flexibility index (Phi) is 4.80. The number of nitrogens with one attached hydrogen (secondary N) is 1. The minimum absolute atomic E-state index is 0.0253. The van der Waals surface area contributed by atoms with Gasteiger partial charge in [-0.2, -0.15) is 5.26 Å². The average Bonchev–Trinajstić information content (AvgIpc) is 2.27. The quantitative estimate of drug-likeness (QED) is 0.646. The fourth-order valence-electron chi connectivity index (χ4n) is 1.55. The number of nitriles is 1. The molecule has 1 N–H and O–H groups in total. The molecule has 0 radical (unpaired) electrons. The van der Waals surface area contributed by atoms with Crippen LogP contribution in [0.1, 0.15) is 12.5 Å². The van der Waals surface area contributed by atoms with Crippen molar-refractivity contribution in [1.82, 2.24) is 0 Å². The maximum absolute atomic E-state index is 11.0. The normalized spacial score (nSPS) is 13.4. The van der Waals surface area contributed by atoms with E-state index in [9.17, 15) is 14.3 Å². The SMILES string of the molecule is CC(CS(C)=O)Nc1ccc(C#N)c([N+](=O)[O-])c1. The number of nitrogens with zero attached hydrogens (tertiary/aromatic N) is 2. The molecule has 96 valence electrons. The van der Waals surface area contributed by atoms with Crippen molar-refractivity contribution >= 4 is 22.2 Å². The van der Waals surface area contributed by atoms with Crippen LogP contribution in [-0.2, 0) is 10.8 Å². The summed E-state index contributed by atoms with van der Waals surface area (Å²) in [4.78, 5) is 10.2. The van der Waals surface area contributed by atoms with E-state index in [0.29, 0.717) is 11.4 Å². The first-order chi connectivity index (χ1) is 8.43. The van der Waals surface area contributed by atoms with Crippen molar-refractivity contribution in [2.45, 2.75) is 13.0 Å².